The summed E-state index contributed by atoms with van der Waals surface area (Å²) in [6, 6.07) is 9.76. The number of rotatable bonds is 3. The summed E-state index contributed by atoms with van der Waals surface area (Å²) in [5.74, 6) is -1.87. The average molecular weight is 406 g/mol. The lowest BCUT2D eigenvalue weighted by Crippen LogP contribution is -2.37. The molecule has 0 amide bonds. The topological polar surface area (TPSA) is 45.8 Å². The van der Waals surface area contributed by atoms with E-state index in [-0.39, 0.29) is 11.3 Å². The number of allylic oxidation sites excluding steroid dienone is 4. The summed E-state index contributed by atoms with van der Waals surface area (Å²) in [6.07, 6.45) is -2.01. The Bertz CT molecular complexity index is 1090. The number of hydrogen-bond acceptors (Lipinski definition) is 2. The van der Waals surface area contributed by atoms with Crippen LogP contribution in [0.3, 0.4) is 0 Å². The van der Waals surface area contributed by atoms with Crippen LogP contribution in [-0.4, -0.2) is 10.2 Å². The minimum absolute atomic E-state index is 0.138. The SMILES string of the molecule is CC1(F)C=CC(F)=CC1Cn1c(-c2ccccc2)cc(C(F)(F)F)c(C#N)c1=O. The molecule has 3 rings (SSSR count). The highest BCUT2D eigenvalue weighted by atomic mass is 19.4. The van der Waals surface area contributed by atoms with Crippen LogP contribution < -0.4 is 5.56 Å². The van der Waals surface area contributed by atoms with E-state index in [1.807, 2.05) is 0 Å². The summed E-state index contributed by atoms with van der Waals surface area (Å²) in [4.78, 5) is 12.8. The molecule has 0 radical (unpaired) electrons. The fraction of sp³-hybridized carbons (Fsp3) is 0.238. The summed E-state index contributed by atoms with van der Waals surface area (Å²) in [7, 11) is 0. The van der Waals surface area contributed by atoms with E-state index >= 15 is 0 Å². The lowest BCUT2D eigenvalue weighted by Gasteiger charge is -2.29. The largest absolute Gasteiger partial charge is 0.417 e. The molecule has 29 heavy (non-hydrogen) atoms. The van der Waals surface area contributed by atoms with Crippen molar-refractivity contribution in [2.24, 2.45) is 5.92 Å². The van der Waals surface area contributed by atoms with Gasteiger partial charge in [-0.3, -0.25) is 4.79 Å². The van der Waals surface area contributed by atoms with Crippen LogP contribution in [0.2, 0.25) is 0 Å². The maximum Gasteiger partial charge on any atom is 0.417 e. The van der Waals surface area contributed by atoms with E-state index in [0.717, 1.165) is 22.8 Å². The molecule has 8 heteroatoms. The summed E-state index contributed by atoms with van der Waals surface area (Å²) < 4.78 is 69.8. The fourth-order valence-electron chi connectivity index (χ4n) is 3.21. The highest BCUT2D eigenvalue weighted by Crippen LogP contribution is 2.36. The molecule has 0 spiro atoms. The molecule has 2 atom stereocenters. The first-order chi connectivity index (χ1) is 13.5. The van der Waals surface area contributed by atoms with Crippen molar-refractivity contribution in [1.82, 2.24) is 4.57 Å². The first-order valence-electron chi connectivity index (χ1n) is 8.60. The summed E-state index contributed by atoms with van der Waals surface area (Å²) in [6.45, 7) is 0.736. The van der Waals surface area contributed by atoms with E-state index < -0.39 is 46.8 Å². The van der Waals surface area contributed by atoms with Crippen molar-refractivity contribution < 1.29 is 22.0 Å². The van der Waals surface area contributed by atoms with E-state index in [2.05, 4.69) is 0 Å². The Balaban J connectivity index is 2.27. The maximum atomic E-state index is 14.9. The van der Waals surface area contributed by atoms with Gasteiger partial charge in [0.1, 0.15) is 23.1 Å². The lowest BCUT2D eigenvalue weighted by atomic mass is 9.86. The predicted molar refractivity (Wildman–Crippen MR) is 97.2 cm³/mol. The molecule has 0 bridgehead atoms. The standard InChI is InChI=1S/C21H15F5N2O/c1-20(23)8-7-15(22)9-14(20)12-28-18(13-5-3-2-4-6-13)10-17(21(24,25)26)16(11-27)19(28)29/h2-10,14H,12H2,1H3. The van der Waals surface area contributed by atoms with Gasteiger partial charge in [0.15, 0.2) is 0 Å². The molecular weight excluding hydrogens is 391 g/mol. The smallest absolute Gasteiger partial charge is 0.306 e. The molecule has 1 aromatic carbocycles. The highest BCUT2D eigenvalue weighted by molar-refractivity contribution is 5.62. The second-order valence-electron chi connectivity index (χ2n) is 6.85. The zero-order valence-electron chi connectivity index (χ0n) is 15.2. The number of nitriles is 1. The molecule has 1 aliphatic carbocycles. The molecule has 0 saturated carbocycles. The Kier molecular flexibility index (Phi) is 5.18. The number of halogens is 5. The normalized spacial score (nSPS) is 21.6. The van der Waals surface area contributed by atoms with E-state index in [9.17, 15) is 32.0 Å². The third-order valence-corrected chi connectivity index (χ3v) is 4.82. The second-order valence-corrected chi connectivity index (χ2v) is 6.85. The Hall–Kier alpha value is -3.21. The van der Waals surface area contributed by atoms with Crippen LogP contribution in [0.1, 0.15) is 18.1 Å². The van der Waals surface area contributed by atoms with Crippen molar-refractivity contribution in [2.75, 3.05) is 0 Å². The minimum Gasteiger partial charge on any atom is -0.306 e. The molecule has 2 unspecified atom stereocenters. The summed E-state index contributed by atoms with van der Waals surface area (Å²) >= 11 is 0. The first kappa shape index (κ1) is 20.5. The van der Waals surface area contributed by atoms with Crippen LogP contribution in [0.15, 0.2) is 65.2 Å². The van der Waals surface area contributed by atoms with Gasteiger partial charge in [-0.05, 0) is 36.8 Å². The molecule has 1 aliphatic rings. The molecular formula is C21H15F5N2O. The second kappa shape index (κ2) is 7.32. The van der Waals surface area contributed by atoms with Gasteiger partial charge >= 0.3 is 6.18 Å². The molecule has 0 aliphatic heterocycles. The number of nitrogens with zero attached hydrogens (tertiary/aromatic N) is 2. The number of aromatic nitrogens is 1. The van der Waals surface area contributed by atoms with Crippen LogP contribution in [0.4, 0.5) is 22.0 Å². The zero-order chi connectivity index (χ0) is 21.4. The van der Waals surface area contributed by atoms with Gasteiger partial charge in [-0.25, -0.2) is 8.78 Å². The summed E-state index contributed by atoms with van der Waals surface area (Å²) in [5.41, 5.74) is -5.56. The Morgan fingerprint density at radius 2 is 1.90 bits per heavy atom. The zero-order valence-corrected chi connectivity index (χ0v) is 15.2. The first-order valence-corrected chi connectivity index (χ1v) is 8.60. The molecule has 2 aromatic rings. The maximum absolute atomic E-state index is 14.9. The molecule has 3 nitrogen and oxygen atoms in total. The van der Waals surface area contributed by atoms with Gasteiger partial charge in [0.2, 0.25) is 0 Å². The van der Waals surface area contributed by atoms with E-state index in [1.165, 1.54) is 25.1 Å². The van der Waals surface area contributed by atoms with Crippen molar-refractivity contribution in [2.45, 2.75) is 25.3 Å². The number of benzene rings is 1. The molecule has 0 fully saturated rings. The van der Waals surface area contributed by atoms with Gasteiger partial charge in [0.25, 0.3) is 5.56 Å². The predicted octanol–water partition coefficient (Wildman–Crippen LogP) is 5.17. The Morgan fingerprint density at radius 3 is 2.48 bits per heavy atom. The third kappa shape index (κ3) is 3.99. The molecule has 0 N–H and O–H groups in total. The molecule has 150 valence electrons. The quantitative estimate of drug-likeness (QED) is 0.660. The van der Waals surface area contributed by atoms with Gasteiger partial charge in [-0.2, -0.15) is 18.4 Å². The minimum atomic E-state index is -4.93. The van der Waals surface area contributed by atoms with Crippen LogP contribution in [-0.2, 0) is 12.7 Å². The van der Waals surface area contributed by atoms with Gasteiger partial charge in [-0.1, -0.05) is 30.3 Å². The van der Waals surface area contributed by atoms with Crippen LogP contribution in [0.25, 0.3) is 11.3 Å². The van der Waals surface area contributed by atoms with Crippen LogP contribution in [0.5, 0.6) is 0 Å². The van der Waals surface area contributed by atoms with Gasteiger partial charge in [-0.15, -0.1) is 0 Å². The van der Waals surface area contributed by atoms with Crippen LogP contribution >= 0.6 is 0 Å². The van der Waals surface area contributed by atoms with Crippen LogP contribution in [0, 0.1) is 17.2 Å². The molecule has 1 heterocycles. The van der Waals surface area contributed by atoms with Crippen molar-refractivity contribution in [3.05, 3.63) is 81.9 Å². The average Bonchev–Trinajstić information content (AvgIpc) is 2.66. The van der Waals surface area contributed by atoms with Gasteiger partial charge in [0.05, 0.1) is 11.3 Å². The van der Waals surface area contributed by atoms with Crippen molar-refractivity contribution in [3.63, 3.8) is 0 Å². The number of alkyl halides is 4. The fourth-order valence-corrected chi connectivity index (χ4v) is 3.21. The third-order valence-electron chi connectivity index (χ3n) is 4.82. The number of pyridine rings is 1. The highest BCUT2D eigenvalue weighted by Gasteiger charge is 2.38. The van der Waals surface area contributed by atoms with E-state index in [4.69, 9.17) is 0 Å². The van der Waals surface area contributed by atoms with E-state index in [0.29, 0.717) is 6.07 Å². The van der Waals surface area contributed by atoms with Crippen molar-refractivity contribution >= 4 is 0 Å². The van der Waals surface area contributed by atoms with Gasteiger partial charge in [0, 0.05) is 12.5 Å². The van der Waals surface area contributed by atoms with Gasteiger partial charge < -0.3 is 4.57 Å². The lowest BCUT2D eigenvalue weighted by molar-refractivity contribution is -0.137. The Morgan fingerprint density at radius 1 is 1.24 bits per heavy atom. The molecule has 1 aromatic heterocycles. The Labute approximate surface area is 163 Å². The number of hydrogen-bond donors (Lipinski definition) is 0. The monoisotopic (exact) mass is 406 g/mol. The molecule has 0 saturated heterocycles. The van der Waals surface area contributed by atoms with Crippen molar-refractivity contribution in [3.8, 4) is 17.3 Å². The van der Waals surface area contributed by atoms with Crippen molar-refractivity contribution in [1.29, 1.82) is 5.26 Å². The summed E-state index contributed by atoms with van der Waals surface area (Å²) in [5, 5.41) is 9.18. The van der Waals surface area contributed by atoms with E-state index in [1.54, 1.807) is 18.2 Å².